The number of nitrogens with zero attached hydrogens (tertiary/aromatic N) is 4. The number of fused-ring (bicyclic) bond motifs is 1. The molecule has 10 nitrogen and oxygen atoms in total. The van der Waals surface area contributed by atoms with Gasteiger partial charge in [-0.3, -0.25) is 10.1 Å². The van der Waals surface area contributed by atoms with Crippen molar-refractivity contribution >= 4 is 23.3 Å². The number of likely N-dealkylation sites (tertiary alicyclic amines) is 1. The molecule has 2 atom stereocenters. The second-order valence-corrected chi connectivity index (χ2v) is 12.4. The number of hydrogen-bond acceptors (Lipinski definition) is 8. The zero-order valence-corrected chi connectivity index (χ0v) is 23.9. The van der Waals surface area contributed by atoms with Crippen molar-refractivity contribution < 1.29 is 32.4 Å². The van der Waals surface area contributed by atoms with Gasteiger partial charge in [0.15, 0.2) is 0 Å². The average molecular weight is 592 g/mol. The van der Waals surface area contributed by atoms with Crippen molar-refractivity contribution in [3.05, 3.63) is 52.2 Å². The van der Waals surface area contributed by atoms with Crippen LogP contribution < -0.4 is 15.0 Å². The van der Waals surface area contributed by atoms with Crippen LogP contribution in [0.15, 0.2) is 36.5 Å². The highest BCUT2D eigenvalue weighted by Gasteiger charge is 2.43. The number of hydrogen-bond donors (Lipinski definition) is 1. The quantitative estimate of drug-likeness (QED) is 0.316. The Hall–Kier alpha value is -3.77. The van der Waals surface area contributed by atoms with Gasteiger partial charge in [0, 0.05) is 68.1 Å². The van der Waals surface area contributed by atoms with Crippen LogP contribution in [0, 0.1) is 22.0 Å². The van der Waals surface area contributed by atoms with Gasteiger partial charge in [0.25, 0.3) is 5.69 Å². The Kier molecular flexibility index (Phi) is 8.13. The molecule has 1 amide bonds. The number of aromatic nitrogens is 1. The molecule has 2 aliphatic heterocycles. The molecule has 2 unspecified atom stereocenters. The van der Waals surface area contributed by atoms with Crippen LogP contribution >= 0.6 is 0 Å². The van der Waals surface area contributed by atoms with Gasteiger partial charge in [0.2, 0.25) is 0 Å². The van der Waals surface area contributed by atoms with E-state index in [2.05, 4.69) is 15.2 Å². The van der Waals surface area contributed by atoms with Gasteiger partial charge in [-0.15, -0.1) is 0 Å². The lowest BCUT2D eigenvalue weighted by molar-refractivity contribution is -0.388. The molecule has 2 aromatic rings. The van der Waals surface area contributed by atoms with Crippen LogP contribution in [-0.2, 0) is 10.9 Å². The summed E-state index contributed by atoms with van der Waals surface area (Å²) in [4.78, 5) is 31.0. The van der Waals surface area contributed by atoms with E-state index in [1.807, 2.05) is 32.9 Å². The van der Waals surface area contributed by atoms with Gasteiger partial charge >= 0.3 is 12.3 Å². The molecule has 228 valence electrons. The van der Waals surface area contributed by atoms with Gasteiger partial charge in [-0.05, 0) is 64.7 Å². The first-order valence-electron chi connectivity index (χ1n) is 14.2. The van der Waals surface area contributed by atoms with Crippen molar-refractivity contribution in [2.45, 2.75) is 70.4 Å². The number of rotatable bonds is 6. The van der Waals surface area contributed by atoms with E-state index in [1.165, 1.54) is 6.07 Å². The lowest BCUT2D eigenvalue weighted by Crippen LogP contribution is -2.37. The summed E-state index contributed by atoms with van der Waals surface area (Å²) in [6, 6.07) is 6.71. The number of pyridine rings is 1. The Morgan fingerprint density at radius 1 is 1.02 bits per heavy atom. The largest absolute Gasteiger partial charge is 0.490 e. The molecule has 1 saturated carbocycles. The summed E-state index contributed by atoms with van der Waals surface area (Å²) in [7, 11) is 0. The van der Waals surface area contributed by atoms with Crippen LogP contribution in [-0.4, -0.2) is 64.8 Å². The predicted molar refractivity (Wildman–Crippen MR) is 150 cm³/mol. The molecule has 0 radical (unpaired) electrons. The van der Waals surface area contributed by atoms with Crippen molar-refractivity contribution in [1.29, 1.82) is 0 Å². The topological polar surface area (TPSA) is 110 Å². The van der Waals surface area contributed by atoms with E-state index in [4.69, 9.17) is 9.47 Å². The Balaban J connectivity index is 1.11. The van der Waals surface area contributed by atoms with Crippen LogP contribution in [0.3, 0.4) is 0 Å². The molecule has 42 heavy (non-hydrogen) atoms. The zero-order chi connectivity index (χ0) is 30.2. The minimum Gasteiger partial charge on any atom is -0.490 e. The number of anilines is 2. The molecule has 13 heteroatoms. The lowest BCUT2D eigenvalue weighted by atomic mass is 9.92. The molecule has 1 N–H and O–H groups in total. The summed E-state index contributed by atoms with van der Waals surface area (Å²) in [5.41, 5.74) is -2.53. The molecule has 3 heterocycles. The molecule has 1 aromatic heterocycles. The second kappa shape index (κ2) is 11.5. The molecule has 1 aliphatic carbocycles. The molecular weight excluding hydrogens is 555 g/mol. The Morgan fingerprint density at radius 2 is 1.69 bits per heavy atom. The predicted octanol–water partition coefficient (Wildman–Crippen LogP) is 6.11. The number of halogens is 3. The maximum absolute atomic E-state index is 13.3. The monoisotopic (exact) mass is 591 g/mol. The third kappa shape index (κ3) is 6.99. The van der Waals surface area contributed by atoms with Gasteiger partial charge in [-0.25, -0.2) is 9.78 Å². The highest BCUT2D eigenvalue weighted by Crippen LogP contribution is 2.39. The summed E-state index contributed by atoms with van der Waals surface area (Å²) >= 11 is 0. The van der Waals surface area contributed by atoms with E-state index < -0.39 is 28.0 Å². The maximum Gasteiger partial charge on any atom is 0.423 e. The van der Waals surface area contributed by atoms with Gasteiger partial charge in [-0.2, -0.15) is 13.2 Å². The molecular formula is C29H36F3N5O5. The SMILES string of the molecule is CC(C)(C)OC(=O)N1CC2CN(c3cc(O[C@H]4CC[C@H](Nc5ccc([N+](=O)[O-])c(C(F)(F)F)c5)CC4)ccn3)CC2C1. The minimum atomic E-state index is -4.82. The Labute approximate surface area is 242 Å². The third-order valence-corrected chi connectivity index (χ3v) is 8.03. The minimum absolute atomic E-state index is 0.0405. The van der Waals surface area contributed by atoms with Gasteiger partial charge < -0.3 is 24.6 Å². The molecule has 2 saturated heterocycles. The van der Waals surface area contributed by atoms with Crippen molar-refractivity contribution in [3.63, 3.8) is 0 Å². The van der Waals surface area contributed by atoms with Crippen LogP contribution in [0.2, 0.25) is 0 Å². The zero-order valence-electron chi connectivity index (χ0n) is 23.9. The number of nitro benzene ring substituents is 1. The van der Waals surface area contributed by atoms with Crippen LogP contribution in [0.25, 0.3) is 0 Å². The van der Waals surface area contributed by atoms with E-state index in [-0.39, 0.29) is 23.9 Å². The number of carbonyl (C=O) groups excluding carboxylic acids is 1. The first-order chi connectivity index (χ1) is 19.7. The van der Waals surface area contributed by atoms with E-state index in [0.29, 0.717) is 56.4 Å². The average Bonchev–Trinajstić information content (AvgIpc) is 3.49. The maximum atomic E-state index is 13.3. The third-order valence-electron chi connectivity index (χ3n) is 8.03. The molecule has 0 spiro atoms. The van der Waals surface area contributed by atoms with Crippen LogP contribution in [0.5, 0.6) is 5.75 Å². The number of carbonyl (C=O) groups is 1. The molecule has 0 bridgehead atoms. The van der Waals surface area contributed by atoms with Crippen LogP contribution in [0.1, 0.15) is 52.0 Å². The summed E-state index contributed by atoms with van der Waals surface area (Å²) in [6.07, 6.45) is -0.600. The Bertz CT molecular complexity index is 1300. The van der Waals surface area contributed by atoms with Gasteiger partial charge in [0.05, 0.1) is 11.0 Å². The molecule has 1 aromatic carbocycles. The van der Waals surface area contributed by atoms with E-state index in [0.717, 1.165) is 31.0 Å². The summed E-state index contributed by atoms with van der Waals surface area (Å²) < 4.78 is 51.8. The van der Waals surface area contributed by atoms with Crippen molar-refractivity contribution in [3.8, 4) is 5.75 Å². The fourth-order valence-electron chi connectivity index (χ4n) is 6.07. The molecule has 5 rings (SSSR count). The van der Waals surface area contributed by atoms with Crippen molar-refractivity contribution in [2.24, 2.45) is 11.8 Å². The van der Waals surface area contributed by atoms with Crippen molar-refractivity contribution in [1.82, 2.24) is 9.88 Å². The highest BCUT2D eigenvalue weighted by atomic mass is 19.4. The first-order valence-corrected chi connectivity index (χ1v) is 14.2. The fourth-order valence-corrected chi connectivity index (χ4v) is 6.07. The summed E-state index contributed by atoms with van der Waals surface area (Å²) in [5, 5.41) is 14.1. The Morgan fingerprint density at radius 3 is 2.29 bits per heavy atom. The van der Waals surface area contributed by atoms with Gasteiger partial charge in [0.1, 0.15) is 22.7 Å². The normalized spacial score (nSPS) is 24.3. The van der Waals surface area contributed by atoms with E-state index >= 15 is 0 Å². The standard InChI is InChI=1S/C29H36F3N5O5/c1-28(2,3)42-27(38)36-16-18-14-35(15-19(18)17-36)26-13-23(10-11-33-26)41-22-7-4-20(5-8-22)34-21-6-9-25(37(39)40)24(12-21)29(30,31)32/h6,9-13,18-20,22,34H,4-5,7-8,14-17H2,1-3H3/t18?,19?,20-,22-. The summed E-state index contributed by atoms with van der Waals surface area (Å²) in [5.74, 6) is 2.26. The summed E-state index contributed by atoms with van der Waals surface area (Å²) in [6.45, 7) is 8.54. The second-order valence-electron chi connectivity index (χ2n) is 12.4. The number of benzene rings is 1. The van der Waals surface area contributed by atoms with Crippen LogP contribution in [0.4, 0.5) is 35.2 Å². The number of alkyl halides is 3. The fraction of sp³-hybridized carbons (Fsp3) is 0.586. The molecule has 3 aliphatic rings. The lowest BCUT2D eigenvalue weighted by Gasteiger charge is -2.30. The first kappa shape index (κ1) is 29.7. The molecule has 3 fully saturated rings. The number of nitro groups is 1. The number of amides is 1. The van der Waals surface area contributed by atoms with E-state index in [9.17, 15) is 28.1 Å². The van der Waals surface area contributed by atoms with E-state index in [1.54, 1.807) is 11.1 Å². The smallest absolute Gasteiger partial charge is 0.423 e. The van der Waals surface area contributed by atoms with Gasteiger partial charge in [-0.1, -0.05) is 0 Å². The number of nitrogens with one attached hydrogen (secondary N) is 1. The highest BCUT2D eigenvalue weighted by molar-refractivity contribution is 5.68. The number of ether oxygens (including phenoxy) is 2. The van der Waals surface area contributed by atoms with Crippen molar-refractivity contribution in [2.75, 3.05) is 36.4 Å².